The predicted octanol–water partition coefficient (Wildman–Crippen LogP) is 1.35. The van der Waals surface area contributed by atoms with E-state index in [0.717, 1.165) is 25.8 Å². The van der Waals surface area contributed by atoms with Crippen LogP contribution in [-0.2, 0) is 4.79 Å². The van der Waals surface area contributed by atoms with Crippen LogP contribution in [0.3, 0.4) is 0 Å². The molecule has 1 aromatic rings. The van der Waals surface area contributed by atoms with Crippen LogP contribution >= 0.6 is 11.3 Å². The molecule has 1 amide bonds. The van der Waals surface area contributed by atoms with Gasteiger partial charge in [-0.1, -0.05) is 12.5 Å². The lowest BCUT2D eigenvalue weighted by Gasteiger charge is -2.39. The Balaban J connectivity index is 2.19. The molecule has 2 heterocycles. The Labute approximate surface area is 112 Å². The van der Waals surface area contributed by atoms with E-state index in [-0.39, 0.29) is 18.0 Å². The molecular formula is C13H21N3OS. The molecule has 2 rings (SSSR count). The molecule has 0 bridgehead atoms. The number of thiophene rings is 1. The molecule has 18 heavy (non-hydrogen) atoms. The first-order chi connectivity index (χ1) is 8.77. The molecule has 0 radical (unpaired) electrons. The first-order valence-corrected chi connectivity index (χ1v) is 7.36. The fourth-order valence-corrected chi connectivity index (χ4v) is 3.53. The standard InChI is InChI=1S/C13H21N3OS/c1-15-13(17)10-5-2-3-7-16(10)11(9-14)12-6-4-8-18-12/h4,6,8,10-11H,2-3,5,7,9,14H2,1H3,(H,15,17). The minimum atomic E-state index is -0.0283. The van der Waals surface area contributed by atoms with E-state index in [9.17, 15) is 4.79 Å². The number of amides is 1. The number of carbonyl (C=O) groups excluding carboxylic acids is 1. The van der Waals surface area contributed by atoms with Crippen LogP contribution in [0.2, 0.25) is 0 Å². The zero-order chi connectivity index (χ0) is 13.0. The molecule has 1 fully saturated rings. The molecule has 0 aliphatic carbocycles. The molecule has 0 saturated carbocycles. The zero-order valence-electron chi connectivity index (χ0n) is 10.8. The van der Waals surface area contributed by atoms with Gasteiger partial charge >= 0.3 is 0 Å². The van der Waals surface area contributed by atoms with Gasteiger partial charge in [0.05, 0.1) is 12.1 Å². The summed E-state index contributed by atoms with van der Waals surface area (Å²) in [4.78, 5) is 15.5. The molecule has 2 atom stereocenters. The summed E-state index contributed by atoms with van der Waals surface area (Å²) in [5.74, 6) is 0.115. The topological polar surface area (TPSA) is 58.4 Å². The zero-order valence-corrected chi connectivity index (χ0v) is 11.6. The highest BCUT2D eigenvalue weighted by Gasteiger charge is 2.33. The number of nitrogens with zero attached hydrogens (tertiary/aromatic N) is 1. The smallest absolute Gasteiger partial charge is 0.237 e. The van der Waals surface area contributed by atoms with Crippen molar-refractivity contribution in [2.75, 3.05) is 20.1 Å². The van der Waals surface area contributed by atoms with E-state index in [2.05, 4.69) is 21.7 Å². The van der Waals surface area contributed by atoms with Crippen LogP contribution in [0.25, 0.3) is 0 Å². The van der Waals surface area contributed by atoms with Crippen molar-refractivity contribution in [1.82, 2.24) is 10.2 Å². The summed E-state index contributed by atoms with van der Waals surface area (Å²) in [6, 6.07) is 4.30. The van der Waals surface area contributed by atoms with Crippen molar-refractivity contribution in [3.63, 3.8) is 0 Å². The van der Waals surface area contributed by atoms with Gasteiger partial charge in [-0.3, -0.25) is 9.69 Å². The Kier molecular flexibility index (Phi) is 4.74. The maximum absolute atomic E-state index is 12.0. The largest absolute Gasteiger partial charge is 0.358 e. The maximum Gasteiger partial charge on any atom is 0.237 e. The van der Waals surface area contributed by atoms with Gasteiger partial charge in [-0.2, -0.15) is 0 Å². The average molecular weight is 267 g/mol. The third-order valence-electron chi connectivity index (χ3n) is 3.59. The third kappa shape index (κ3) is 2.74. The first kappa shape index (κ1) is 13.5. The fourth-order valence-electron chi connectivity index (χ4n) is 2.67. The Morgan fingerprint density at radius 1 is 1.67 bits per heavy atom. The highest BCUT2D eigenvalue weighted by molar-refractivity contribution is 7.10. The lowest BCUT2D eigenvalue weighted by atomic mass is 9.98. The summed E-state index contributed by atoms with van der Waals surface area (Å²) < 4.78 is 0. The molecular weight excluding hydrogens is 246 g/mol. The predicted molar refractivity (Wildman–Crippen MR) is 74.5 cm³/mol. The molecule has 1 aliphatic heterocycles. The van der Waals surface area contributed by atoms with Crippen molar-refractivity contribution < 1.29 is 4.79 Å². The summed E-state index contributed by atoms with van der Waals surface area (Å²) >= 11 is 1.72. The quantitative estimate of drug-likeness (QED) is 0.866. The van der Waals surface area contributed by atoms with Crippen LogP contribution in [0.1, 0.15) is 30.2 Å². The highest BCUT2D eigenvalue weighted by atomic mass is 32.1. The summed E-state index contributed by atoms with van der Waals surface area (Å²) in [5, 5.41) is 4.84. The molecule has 2 unspecified atom stereocenters. The molecule has 1 aromatic heterocycles. The first-order valence-electron chi connectivity index (χ1n) is 6.48. The van der Waals surface area contributed by atoms with Gasteiger partial charge in [0.1, 0.15) is 0 Å². The summed E-state index contributed by atoms with van der Waals surface area (Å²) in [5.41, 5.74) is 5.93. The number of hydrogen-bond acceptors (Lipinski definition) is 4. The number of rotatable bonds is 4. The van der Waals surface area contributed by atoms with E-state index in [1.165, 1.54) is 4.88 Å². The van der Waals surface area contributed by atoms with Gasteiger partial charge in [-0.25, -0.2) is 0 Å². The minimum Gasteiger partial charge on any atom is -0.358 e. The third-order valence-corrected chi connectivity index (χ3v) is 4.56. The number of piperidine rings is 1. The number of carbonyl (C=O) groups is 1. The van der Waals surface area contributed by atoms with E-state index < -0.39 is 0 Å². The number of likely N-dealkylation sites (N-methyl/N-ethyl adjacent to an activating group) is 1. The van der Waals surface area contributed by atoms with Crippen LogP contribution in [0.5, 0.6) is 0 Å². The van der Waals surface area contributed by atoms with Gasteiger partial charge in [0, 0.05) is 18.5 Å². The van der Waals surface area contributed by atoms with Gasteiger partial charge in [-0.05, 0) is 30.8 Å². The van der Waals surface area contributed by atoms with Crippen molar-refractivity contribution in [3.8, 4) is 0 Å². The van der Waals surface area contributed by atoms with Gasteiger partial charge in [0.25, 0.3) is 0 Å². The van der Waals surface area contributed by atoms with Crippen LogP contribution in [-0.4, -0.2) is 37.0 Å². The van der Waals surface area contributed by atoms with Crippen LogP contribution in [0.15, 0.2) is 17.5 Å². The second kappa shape index (κ2) is 6.31. The monoisotopic (exact) mass is 267 g/mol. The number of likely N-dealkylation sites (tertiary alicyclic amines) is 1. The molecule has 0 spiro atoms. The molecule has 100 valence electrons. The van der Waals surface area contributed by atoms with Gasteiger partial charge in [0.2, 0.25) is 5.91 Å². The Hall–Kier alpha value is -0.910. The van der Waals surface area contributed by atoms with Crippen molar-refractivity contribution in [3.05, 3.63) is 22.4 Å². The summed E-state index contributed by atoms with van der Waals surface area (Å²) in [6.07, 6.45) is 3.20. The second-order valence-corrected chi connectivity index (χ2v) is 5.61. The summed E-state index contributed by atoms with van der Waals surface area (Å²) in [6.45, 7) is 1.52. The number of hydrogen-bond donors (Lipinski definition) is 2. The molecule has 3 N–H and O–H groups in total. The Morgan fingerprint density at radius 3 is 3.11 bits per heavy atom. The second-order valence-electron chi connectivity index (χ2n) is 4.63. The van der Waals surface area contributed by atoms with E-state index in [1.807, 2.05) is 6.07 Å². The van der Waals surface area contributed by atoms with Gasteiger partial charge in [-0.15, -0.1) is 11.3 Å². The molecule has 4 nitrogen and oxygen atoms in total. The lowest BCUT2D eigenvalue weighted by molar-refractivity contribution is -0.128. The molecule has 1 saturated heterocycles. The van der Waals surface area contributed by atoms with E-state index >= 15 is 0 Å². The van der Waals surface area contributed by atoms with Crippen molar-refractivity contribution in [2.45, 2.75) is 31.3 Å². The SMILES string of the molecule is CNC(=O)C1CCCCN1C(CN)c1cccs1. The fraction of sp³-hybridized carbons (Fsp3) is 0.615. The Bertz CT molecular complexity index is 380. The number of nitrogens with two attached hydrogens (primary N) is 1. The lowest BCUT2D eigenvalue weighted by Crippen LogP contribution is -2.51. The normalized spacial score (nSPS) is 22.7. The Morgan fingerprint density at radius 2 is 2.50 bits per heavy atom. The molecule has 1 aliphatic rings. The highest BCUT2D eigenvalue weighted by Crippen LogP contribution is 2.30. The van der Waals surface area contributed by atoms with E-state index in [0.29, 0.717) is 6.54 Å². The average Bonchev–Trinajstić information content (AvgIpc) is 2.93. The van der Waals surface area contributed by atoms with Crippen LogP contribution in [0.4, 0.5) is 0 Å². The molecule has 5 heteroatoms. The van der Waals surface area contributed by atoms with Crippen LogP contribution < -0.4 is 11.1 Å². The van der Waals surface area contributed by atoms with Gasteiger partial charge < -0.3 is 11.1 Å². The maximum atomic E-state index is 12.0. The summed E-state index contributed by atoms with van der Waals surface area (Å²) in [7, 11) is 1.71. The minimum absolute atomic E-state index is 0.0283. The molecule has 0 aromatic carbocycles. The van der Waals surface area contributed by atoms with Crippen LogP contribution in [0, 0.1) is 0 Å². The number of nitrogens with one attached hydrogen (secondary N) is 1. The van der Waals surface area contributed by atoms with Crippen molar-refractivity contribution in [2.24, 2.45) is 5.73 Å². The van der Waals surface area contributed by atoms with Crippen molar-refractivity contribution in [1.29, 1.82) is 0 Å². The van der Waals surface area contributed by atoms with E-state index in [1.54, 1.807) is 18.4 Å². The van der Waals surface area contributed by atoms with E-state index in [4.69, 9.17) is 5.73 Å². The van der Waals surface area contributed by atoms with Crippen molar-refractivity contribution >= 4 is 17.2 Å². The van der Waals surface area contributed by atoms with Gasteiger partial charge in [0.15, 0.2) is 0 Å².